The third-order valence-electron chi connectivity index (χ3n) is 3.13. The zero-order valence-corrected chi connectivity index (χ0v) is 12.6. The molecule has 0 amide bonds. The van der Waals surface area contributed by atoms with Crippen molar-refractivity contribution >= 4 is 11.4 Å². The van der Waals surface area contributed by atoms with Crippen molar-refractivity contribution in [2.45, 2.75) is 0 Å². The average molecular weight is 322 g/mol. The van der Waals surface area contributed by atoms with Crippen molar-refractivity contribution in [3.05, 3.63) is 105 Å². The summed E-state index contributed by atoms with van der Waals surface area (Å²) in [6, 6.07) is 25.4. The van der Waals surface area contributed by atoms with Gasteiger partial charge in [0.05, 0.1) is 15.9 Å². The zero-order chi connectivity index (χ0) is 17.4. The summed E-state index contributed by atoms with van der Waals surface area (Å²) in [7, 11) is 0. The van der Waals surface area contributed by atoms with Crippen LogP contribution in [0.4, 0.5) is 11.4 Å². The monoisotopic (exact) mass is 322 g/mol. The van der Waals surface area contributed by atoms with Crippen molar-refractivity contribution in [1.82, 2.24) is 0 Å². The molecule has 0 aliphatic rings. The number of nitrogens with zero attached hydrogens (tertiary/aromatic N) is 2. The number of hydrogen-bond acceptors (Lipinski definition) is 4. The van der Waals surface area contributed by atoms with Gasteiger partial charge in [-0.25, -0.2) is 0 Å². The van der Waals surface area contributed by atoms with E-state index in [9.17, 15) is 20.2 Å². The van der Waals surface area contributed by atoms with Gasteiger partial charge in [-0.3, -0.25) is 20.2 Å². The second-order valence-corrected chi connectivity index (χ2v) is 4.77. The predicted molar refractivity (Wildman–Crippen MR) is 91.6 cm³/mol. The molecule has 0 spiro atoms. The molecule has 6 nitrogen and oxygen atoms in total. The second kappa shape index (κ2) is 8.19. The molecule has 3 aromatic carbocycles. The van der Waals surface area contributed by atoms with Crippen LogP contribution in [0, 0.1) is 20.2 Å². The fourth-order valence-electron chi connectivity index (χ4n) is 1.98. The van der Waals surface area contributed by atoms with Crippen molar-refractivity contribution in [3.8, 4) is 11.1 Å². The molecule has 3 rings (SSSR count). The first-order valence-electron chi connectivity index (χ1n) is 7.07. The standard InChI is InChI=1S/C12H10.C6H4N2O4/c1-3-7-11(8-4-1)12-9-5-2-6-10-12;9-7(10)5-2-1-3-6(4-5)8(11)12/h1-10H;1-4H. The van der Waals surface area contributed by atoms with Crippen LogP contribution < -0.4 is 0 Å². The topological polar surface area (TPSA) is 86.3 Å². The summed E-state index contributed by atoms with van der Waals surface area (Å²) in [4.78, 5) is 19.0. The minimum absolute atomic E-state index is 0.274. The average Bonchev–Trinajstić information content (AvgIpc) is 2.64. The Labute approximate surface area is 138 Å². The highest BCUT2D eigenvalue weighted by Gasteiger charge is 2.11. The predicted octanol–water partition coefficient (Wildman–Crippen LogP) is 4.86. The highest BCUT2D eigenvalue weighted by atomic mass is 16.6. The first-order valence-corrected chi connectivity index (χ1v) is 7.07. The lowest BCUT2D eigenvalue weighted by atomic mass is 10.1. The summed E-state index contributed by atoms with van der Waals surface area (Å²) < 4.78 is 0. The normalized spacial score (nSPS) is 9.50. The minimum Gasteiger partial charge on any atom is -0.258 e. The molecule has 0 heterocycles. The Hall–Kier alpha value is -3.54. The van der Waals surface area contributed by atoms with Crippen LogP contribution in [-0.4, -0.2) is 9.85 Å². The fraction of sp³-hybridized carbons (Fsp3) is 0. The molecule has 0 fully saturated rings. The molecular formula is C18H14N2O4. The number of rotatable bonds is 3. The molecule has 120 valence electrons. The molecule has 0 unspecified atom stereocenters. The smallest absolute Gasteiger partial charge is 0.258 e. The molecular weight excluding hydrogens is 308 g/mol. The van der Waals surface area contributed by atoms with Crippen LogP contribution >= 0.6 is 0 Å². The maximum absolute atomic E-state index is 10.2. The van der Waals surface area contributed by atoms with Crippen molar-refractivity contribution < 1.29 is 9.85 Å². The van der Waals surface area contributed by atoms with Gasteiger partial charge in [0.25, 0.3) is 11.4 Å². The van der Waals surface area contributed by atoms with Gasteiger partial charge in [0.1, 0.15) is 0 Å². The molecule has 0 atom stereocenters. The van der Waals surface area contributed by atoms with Gasteiger partial charge < -0.3 is 0 Å². The molecule has 6 heteroatoms. The first kappa shape index (κ1) is 16.8. The molecule has 0 aromatic heterocycles. The third-order valence-corrected chi connectivity index (χ3v) is 3.13. The van der Waals surface area contributed by atoms with Gasteiger partial charge in [-0.15, -0.1) is 0 Å². The van der Waals surface area contributed by atoms with E-state index in [0.717, 1.165) is 6.07 Å². The van der Waals surface area contributed by atoms with E-state index in [1.165, 1.54) is 29.3 Å². The summed E-state index contributed by atoms with van der Waals surface area (Å²) in [6.07, 6.45) is 0. The number of benzene rings is 3. The Morgan fingerprint density at radius 1 is 0.542 bits per heavy atom. The Kier molecular flexibility index (Phi) is 5.74. The summed E-state index contributed by atoms with van der Waals surface area (Å²) in [5.74, 6) is 0. The molecule has 24 heavy (non-hydrogen) atoms. The lowest BCUT2D eigenvalue weighted by molar-refractivity contribution is -0.394. The van der Waals surface area contributed by atoms with Crippen molar-refractivity contribution in [1.29, 1.82) is 0 Å². The molecule has 0 saturated carbocycles. The number of non-ortho nitro benzene ring substituents is 2. The summed E-state index contributed by atoms with van der Waals surface area (Å²) in [5, 5.41) is 20.3. The molecule has 0 aliphatic carbocycles. The lowest BCUT2D eigenvalue weighted by Gasteiger charge is -1.98. The van der Waals surface area contributed by atoms with Gasteiger partial charge in [0.15, 0.2) is 0 Å². The van der Waals surface area contributed by atoms with E-state index in [2.05, 4.69) is 48.5 Å². The van der Waals surface area contributed by atoms with E-state index >= 15 is 0 Å². The Morgan fingerprint density at radius 3 is 1.25 bits per heavy atom. The molecule has 0 aliphatic heterocycles. The van der Waals surface area contributed by atoms with Crippen molar-refractivity contribution in [3.63, 3.8) is 0 Å². The van der Waals surface area contributed by atoms with E-state index in [1.807, 2.05) is 12.1 Å². The number of nitro benzene ring substituents is 2. The van der Waals surface area contributed by atoms with Gasteiger partial charge in [0, 0.05) is 12.1 Å². The van der Waals surface area contributed by atoms with Gasteiger partial charge in [0.2, 0.25) is 0 Å². The summed E-state index contributed by atoms with van der Waals surface area (Å²) in [6.45, 7) is 0. The Balaban J connectivity index is 0.000000174. The van der Waals surface area contributed by atoms with Crippen LogP contribution in [0.15, 0.2) is 84.9 Å². The quantitative estimate of drug-likeness (QED) is 0.509. The molecule has 3 aromatic rings. The SMILES string of the molecule is O=[N+]([O-])c1cccc([N+](=O)[O-])c1.c1ccc(-c2ccccc2)cc1. The molecule has 0 N–H and O–H groups in total. The zero-order valence-electron chi connectivity index (χ0n) is 12.6. The highest BCUT2D eigenvalue weighted by Crippen LogP contribution is 2.18. The largest absolute Gasteiger partial charge is 0.276 e. The summed E-state index contributed by atoms with van der Waals surface area (Å²) in [5.41, 5.74) is 2.00. The van der Waals surface area contributed by atoms with E-state index in [4.69, 9.17) is 0 Å². The van der Waals surface area contributed by atoms with Gasteiger partial charge >= 0.3 is 0 Å². The van der Waals surface area contributed by atoms with E-state index < -0.39 is 9.85 Å². The fourth-order valence-corrected chi connectivity index (χ4v) is 1.98. The van der Waals surface area contributed by atoms with Gasteiger partial charge in [-0.2, -0.15) is 0 Å². The van der Waals surface area contributed by atoms with Gasteiger partial charge in [-0.05, 0) is 17.2 Å². The molecule has 0 bridgehead atoms. The first-order chi connectivity index (χ1) is 11.6. The number of hydrogen-bond donors (Lipinski definition) is 0. The van der Waals surface area contributed by atoms with E-state index in [-0.39, 0.29) is 11.4 Å². The highest BCUT2D eigenvalue weighted by molar-refractivity contribution is 5.62. The van der Waals surface area contributed by atoms with Crippen LogP contribution in [0.2, 0.25) is 0 Å². The number of nitro groups is 2. The summed E-state index contributed by atoms with van der Waals surface area (Å²) >= 11 is 0. The second-order valence-electron chi connectivity index (χ2n) is 4.77. The van der Waals surface area contributed by atoms with Crippen LogP contribution in [0.3, 0.4) is 0 Å². The van der Waals surface area contributed by atoms with E-state index in [1.54, 1.807) is 0 Å². The van der Waals surface area contributed by atoms with Crippen molar-refractivity contribution in [2.75, 3.05) is 0 Å². The van der Waals surface area contributed by atoms with Crippen LogP contribution in [0.1, 0.15) is 0 Å². The minimum atomic E-state index is -0.674. The molecule has 0 saturated heterocycles. The van der Waals surface area contributed by atoms with Crippen LogP contribution in [0.25, 0.3) is 11.1 Å². The maximum atomic E-state index is 10.2. The van der Waals surface area contributed by atoms with Crippen LogP contribution in [-0.2, 0) is 0 Å². The van der Waals surface area contributed by atoms with E-state index in [0.29, 0.717) is 0 Å². The van der Waals surface area contributed by atoms with Crippen LogP contribution in [0.5, 0.6) is 0 Å². The Bertz CT molecular complexity index is 754. The maximum Gasteiger partial charge on any atom is 0.276 e. The third kappa shape index (κ3) is 4.74. The lowest BCUT2D eigenvalue weighted by Crippen LogP contribution is -1.91. The Morgan fingerprint density at radius 2 is 0.917 bits per heavy atom. The van der Waals surface area contributed by atoms with Gasteiger partial charge in [-0.1, -0.05) is 60.7 Å². The van der Waals surface area contributed by atoms with Crippen molar-refractivity contribution in [2.24, 2.45) is 0 Å². The molecule has 0 radical (unpaired) electrons.